The van der Waals surface area contributed by atoms with E-state index in [1.165, 1.54) is 0 Å². The van der Waals surface area contributed by atoms with Crippen molar-refractivity contribution in [1.29, 1.82) is 0 Å². The monoisotopic (exact) mass is 430 g/mol. The molecule has 2 aromatic rings. The van der Waals surface area contributed by atoms with Crippen LogP contribution in [0.3, 0.4) is 0 Å². The van der Waals surface area contributed by atoms with Crippen LogP contribution in [0.1, 0.15) is 75.5 Å². The van der Waals surface area contributed by atoms with E-state index in [1.807, 2.05) is 6.07 Å². The summed E-state index contributed by atoms with van der Waals surface area (Å²) < 4.78 is 11.0. The van der Waals surface area contributed by atoms with Gasteiger partial charge in [-0.25, -0.2) is 4.79 Å². The van der Waals surface area contributed by atoms with Crippen molar-refractivity contribution in [2.75, 3.05) is 6.61 Å². The highest BCUT2D eigenvalue weighted by atomic mass is 35.5. The van der Waals surface area contributed by atoms with Crippen LogP contribution in [0.15, 0.2) is 36.4 Å². The molecule has 0 aliphatic rings. The van der Waals surface area contributed by atoms with Gasteiger partial charge in [-0.05, 0) is 41.5 Å². The van der Waals surface area contributed by atoms with E-state index < -0.39 is 5.97 Å². The number of carbonyl (C=O) groups is 2. The van der Waals surface area contributed by atoms with Crippen LogP contribution >= 0.6 is 11.6 Å². The number of benzene rings is 2. The molecule has 0 heterocycles. The highest BCUT2D eigenvalue weighted by molar-refractivity contribution is 6.30. The average Bonchev–Trinajstić information content (AvgIpc) is 2.61. The number of ether oxygens (including phenoxy) is 2. The van der Waals surface area contributed by atoms with Crippen molar-refractivity contribution in [3.63, 3.8) is 0 Å². The van der Waals surface area contributed by atoms with Gasteiger partial charge in [-0.1, -0.05) is 71.3 Å². The molecule has 0 unspecified atom stereocenters. The fraction of sp³-hybridized carbons (Fsp3) is 0.440. The second kappa shape index (κ2) is 9.22. The highest BCUT2D eigenvalue weighted by Crippen LogP contribution is 2.39. The van der Waals surface area contributed by atoms with E-state index in [9.17, 15) is 9.59 Å². The van der Waals surface area contributed by atoms with Crippen molar-refractivity contribution < 1.29 is 19.1 Å². The predicted molar refractivity (Wildman–Crippen MR) is 121 cm³/mol. The van der Waals surface area contributed by atoms with Gasteiger partial charge in [0.05, 0.1) is 18.6 Å². The number of halogens is 1. The fourth-order valence-electron chi connectivity index (χ4n) is 3.07. The standard InChI is InChI=1S/C25H31ClO4/c1-8-29-21(27)14-17-12-18(24(2,3)4)15-20(25(5,6)7)22(17)30-23(28)16-10-9-11-19(26)13-16/h9-13,15H,8,14H2,1-7H3. The van der Waals surface area contributed by atoms with Gasteiger partial charge in [-0.2, -0.15) is 0 Å². The third-order valence-electron chi connectivity index (χ3n) is 4.74. The lowest BCUT2D eigenvalue weighted by Gasteiger charge is -2.29. The van der Waals surface area contributed by atoms with Crippen molar-refractivity contribution in [2.45, 2.75) is 65.7 Å². The molecule has 0 saturated heterocycles. The summed E-state index contributed by atoms with van der Waals surface area (Å²) in [6.45, 7) is 14.6. The molecule has 0 aromatic heterocycles. The van der Waals surface area contributed by atoms with Crippen molar-refractivity contribution in [3.8, 4) is 5.75 Å². The van der Waals surface area contributed by atoms with Crippen LogP contribution < -0.4 is 4.74 Å². The Bertz CT molecular complexity index is 933. The normalized spacial score (nSPS) is 11.9. The Morgan fingerprint density at radius 3 is 2.17 bits per heavy atom. The van der Waals surface area contributed by atoms with Crippen LogP contribution in [-0.2, 0) is 26.8 Å². The maximum absolute atomic E-state index is 12.9. The molecule has 162 valence electrons. The molecule has 0 spiro atoms. The first-order chi connectivity index (χ1) is 13.8. The van der Waals surface area contributed by atoms with E-state index in [4.69, 9.17) is 21.1 Å². The summed E-state index contributed by atoms with van der Waals surface area (Å²) in [5.74, 6) is -0.464. The van der Waals surface area contributed by atoms with E-state index >= 15 is 0 Å². The van der Waals surface area contributed by atoms with Gasteiger partial charge in [0.1, 0.15) is 5.75 Å². The molecular formula is C25H31ClO4. The molecule has 0 aliphatic carbocycles. The number of rotatable bonds is 5. The van der Waals surface area contributed by atoms with E-state index in [0.29, 0.717) is 28.5 Å². The fourth-order valence-corrected chi connectivity index (χ4v) is 3.26. The molecule has 0 atom stereocenters. The van der Waals surface area contributed by atoms with Crippen molar-refractivity contribution >= 4 is 23.5 Å². The topological polar surface area (TPSA) is 52.6 Å². The molecule has 5 heteroatoms. The number of hydrogen-bond acceptors (Lipinski definition) is 4. The molecule has 0 bridgehead atoms. The zero-order valence-corrected chi connectivity index (χ0v) is 19.6. The molecule has 2 rings (SSSR count). The van der Waals surface area contributed by atoms with Gasteiger partial charge < -0.3 is 9.47 Å². The lowest BCUT2D eigenvalue weighted by atomic mass is 9.78. The van der Waals surface area contributed by atoms with Gasteiger partial charge in [0, 0.05) is 16.1 Å². The smallest absolute Gasteiger partial charge is 0.343 e. The van der Waals surface area contributed by atoms with E-state index in [0.717, 1.165) is 11.1 Å². The van der Waals surface area contributed by atoms with E-state index in [-0.39, 0.29) is 23.2 Å². The van der Waals surface area contributed by atoms with Crippen LogP contribution in [0.2, 0.25) is 5.02 Å². The zero-order chi connectivity index (χ0) is 22.7. The van der Waals surface area contributed by atoms with Crippen molar-refractivity contribution in [1.82, 2.24) is 0 Å². The lowest BCUT2D eigenvalue weighted by Crippen LogP contribution is -2.22. The zero-order valence-electron chi connectivity index (χ0n) is 18.9. The third kappa shape index (κ3) is 6.09. The van der Waals surface area contributed by atoms with Gasteiger partial charge in [0.15, 0.2) is 0 Å². The Balaban J connectivity index is 2.64. The highest BCUT2D eigenvalue weighted by Gasteiger charge is 2.28. The molecule has 0 fully saturated rings. The lowest BCUT2D eigenvalue weighted by molar-refractivity contribution is -0.142. The summed E-state index contributed by atoms with van der Waals surface area (Å²) in [5.41, 5.74) is 2.47. The molecule has 30 heavy (non-hydrogen) atoms. The summed E-state index contributed by atoms with van der Waals surface area (Å²) in [7, 11) is 0. The second-order valence-electron chi connectivity index (χ2n) is 9.39. The molecule has 0 saturated carbocycles. The summed E-state index contributed by atoms with van der Waals surface area (Å²) in [5, 5.41) is 0.454. The molecular weight excluding hydrogens is 400 g/mol. The van der Waals surface area contributed by atoms with Crippen LogP contribution in [-0.4, -0.2) is 18.5 Å². The summed E-state index contributed by atoms with van der Waals surface area (Å²) in [4.78, 5) is 25.2. The first-order valence-corrected chi connectivity index (χ1v) is 10.5. The average molecular weight is 431 g/mol. The first-order valence-electron chi connectivity index (χ1n) is 10.1. The van der Waals surface area contributed by atoms with E-state index in [2.05, 4.69) is 47.6 Å². The van der Waals surface area contributed by atoms with Gasteiger partial charge in [0.2, 0.25) is 0 Å². The number of hydrogen-bond donors (Lipinski definition) is 0. The van der Waals surface area contributed by atoms with E-state index in [1.54, 1.807) is 31.2 Å². The van der Waals surface area contributed by atoms with Crippen molar-refractivity contribution in [2.24, 2.45) is 0 Å². The van der Waals surface area contributed by atoms with Crippen LogP contribution in [0.4, 0.5) is 0 Å². The Kier molecular flexibility index (Phi) is 7.36. The Labute approximate surface area is 184 Å². The summed E-state index contributed by atoms with van der Waals surface area (Å²) in [6, 6.07) is 10.6. The first kappa shape index (κ1) is 23.9. The molecule has 0 N–H and O–H groups in total. The maximum atomic E-state index is 12.9. The van der Waals surface area contributed by atoms with Gasteiger partial charge in [-0.15, -0.1) is 0 Å². The maximum Gasteiger partial charge on any atom is 0.343 e. The predicted octanol–water partition coefficient (Wildman–Crippen LogP) is 6.26. The molecule has 4 nitrogen and oxygen atoms in total. The van der Waals surface area contributed by atoms with Gasteiger partial charge >= 0.3 is 11.9 Å². The summed E-state index contributed by atoms with van der Waals surface area (Å²) in [6.07, 6.45) is 0.0268. The molecule has 2 aromatic carbocycles. The largest absolute Gasteiger partial charge is 0.466 e. The molecule has 0 aliphatic heterocycles. The minimum atomic E-state index is -0.517. The number of esters is 2. The van der Waals surface area contributed by atoms with Crippen LogP contribution in [0, 0.1) is 0 Å². The quantitative estimate of drug-likeness (QED) is 0.415. The van der Waals surface area contributed by atoms with Crippen LogP contribution in [0.25, 0.3) is 0 Å². The minimum absolute atomic E-state index is 0.0268. The van der Waals surface area contributed by atoms with Crippen LogP contribution in [0.5, 0.6) is 5.75 Å². The Hall–Kier alpha value is -2.33. The second-order valence-corrected chi connectivity index (χ2v) is 9.83. The van der Waals surface area contributed by atoms with Gasteiger partial charge in [0.25, 0.3) is 0 Å². The molecule has 0 amide bonds. The summed E-state index contributed by atoms with van der Waals surface area (Å²) >= 11 is 6.03. The third-order valence-corrected chi connectivity index (χ3v) is 4.97. The Morgan fingerprint density at radius 1 is 0.967 bits per heavy atom. The Morgan fingerprint density at radius 2 is 1.63 bits per heavy atom. The minimum Gasteiger partial charge on any atom is -0.466 e. The SMILES string of the molecule is CCOC(=O)Cc1cc(C(C)(C)C)cc(C(C)(C)C)c1OC(=O)c1cccc(Cl)c1. The van der Waals surface area contributed by atoms with Gasteiger partial charge in [-0.3, -0.25) is 4.79 Å². The molecule has 0 radical (unpaired) electrons. The van der Waals surface area contributed by atoms with Crippen molar-refractivity contribution in [3.05, 3.63) is 63.7 Å². The number of carbonyl (C=O) groups excluding carboxylic acids is 2.